The van der Waals surface area contributed by atoms with Gasteiger partial charge in [0.05, 0.1) is 26.4 Å². The summed E-state index contributed by atoms with van der Waals surface area (Å²) in [6.45, 7) is 20.7. The first kappa shape index (κ1) is 30.6. The maximum atomic E-state index is 8.72. The topological polar surface area (TPSA) is 87.4 Å². The fraction of sp³-hybridized carbons (Fsp3) is 0.889. The molecule has 0 saturated heterocycles. The van der Waals surface area contributed by atoms with Gasteiger partial charge in [-0.3, -0.25) is 0 Å². The van der Waals surface area contributed by atoms with E-state index in [0.717, 1.165) is 13.1 Å². The number of aliphatic hydroxyl groups is 4. The number of nitrogens with zero attached hydrogens (tertiary/aromatic N) is 2. The van der Waals surface area contributed by atoms with Gasteiger partial charge in [-0.1, -0.05) is 27.7 Å². The van der Waals surface area contributed by atoms with Crippen LogP contribution in [0.25, 0.3) is 0 Å². The molecule has 151 valence electrons. The summed E-state index contributed by atoms with van der Waals surface area (Å²) < 4.78 is 0. The van der Waals surface area contributed by atoms with Gasteiger partial charge in [0.1, 0.15) is 0 Å². The van der Waals surface area contributed by atoms with E-state index in [1.54, 1.807) is 0 Å². The van der Waals surface area contributed by atoms with Gasteiger partial charge in [0, 0.05) is 58.9 Å². The minimum absolute atomic E-state index is 0. The summed E-state index contributed by atoms with van der Waals surface area (Å²) in [5, 5.41) is 34.9. The standard InChI is InChI=1S/2C9H20NO2.Y/c2*1-9(2,3)8-10(4-6-11)5-7-12;/h2*11-12H,1,4-8H2,2-3H3;/q2*-1;. The summed E-state index contributed by atoms with van der Waals surface area (Å²) in [5.74, 6) is 0. The van der Waals surface area contributed by atoms with E-state index in [-0.39, 0.29) is 70.0 Å². The number of aliphatic hydroxyl groups excluding tert-OH is 4. The molecule has 0 aromatic heterocycles. The first-order valence-electron chi connectivity index (χ1n) is 8.58. The predicted molar refractivity (Wildman–Crippen MR) is 99.5 cm³/mol. The van der Waals surface area contributed by atoms with Gasteiger partial charge < -0.3 is 44.1 Å². The molecule has 0 bridgehead atoms. The first-order valence-corrected chi connectivity index (χ1v) is 8.58. The van der Waals surface area contributed by atoms with Crippen LogP contribution in [-0.4, -0.2) is 95.9 Å². The second-order valence-corrected chi connectivity index (χ2v) is 7.78. The summed E-state index contributed by atoms with van der Waals surface area (Å²) in [5.41, 5.74) is -0.0469. The summed E-state index contributed by atoms with van der Waals surface area (Å²) in [6, 6.07) is 0. The normalized spacial score (nSPS) is 12.0. The third-order valence-electron chi connectivity index (χ3n) is 2.97. The number of rotatable bonds is 12. The average molecular weight is 437 g/mol. The SMILES string of the molecule is [CH2-]C(C)(C)CN(CCO)CCO.[CH2-]C(C)(C)CN(CCO)CCO.[Y]. The van der Waals surface area contributed by atoms with Crippen LogP contribution in [0.4, 0.5) is 0 Å². The van der Waals surface area contributed by atoms with Crippen LogP contribution < -0.4 is 0 Å². The minimum Gasteiger partial charge on any atom is -0.395 e. The van der Waals surface area contributed by atoms with E-state index in [1.165, 1.54) is 0 Å². The van der Waals surface area contributed by atoms with E-state index >= 15 is 0 Å². The molecule has 25 heavy (non-hydrogen) atoms. The summed E-state index contributed by atoms with van der Waals surface area (Å²) >= 11 is 0. The molecule has 0 aliphatic heterocycles. The maximum absolute atomic E-state index is 8.72. The van der Waals surface area contributed by atoms with E-state index in [9.17, 15) is 0 Å². The van der Waals surface area contributed by atoms with Gasteiger partial charge in [-0.15, -0.1) is 0 Å². The van der Waals surface area contributed by atoms with Crippen molar-refractivity contribution in [1.82, 2.24) is 9.80 Å². The van der Waals surface area contributed by atoms with Crippen molar-refractivity contribution < 1.29 is 53.1 Å². The van der Waals surface area contributed by atoms with Crippen molar-refractivity contribution in [2.45, 2.75) is 27.7 Å². The summed E-state index contributed by atoms with van der Waals surface area (Å²) in [4.78, 5) is 4.01. The van der Waals surface area contributed by atoms with Crippen molar-refractivity contribution in [1.29, 1.82) is 0 Å². The molecule has 0 aromatic carbocycles. The molecule has 0 saturated carbocycles. The maximum Gasteiger partial charge on any atom is 0.0558 e. The van der Waals surface area contributed by atoms with Gasteiger partial charge in [0.2, 0.25) is 0 Å². The van der Waals surface area contributed by atoms with Gasteiger partial charge in [0.25, 0.3) is 0 Å². The smallest absolute Gasteiger partial charge is 0.0558 e. The van der Waals surface area contributed by atoms with Crippen LogP contribution in [0.2, 0.25) is 0 Å². The molecule has 0 aliphatic rings. The second-order valence-electron chi connectivity index (χ2n) is 7.78. The Morgan fingerprint density at radius 1 is 0.600 bits per heavy atom. The molecule has 4 N–H and O–H groups in total. The van der Waals surface area contributed by atoms with Crippen molar-refractivity contribution >= 4 is 0 Å². The Morgan fingerprint density at radius 2 is 0.800 bits per heavy atom. The molecule has 1 radical (unpaired) electrons. The molecular formula is C18H40N2O4Y-2. The first-order chi connectivity index (χ1) is 11.0. The van der Waals surface area contributed by atoms with Gasteiger partial charge in [-0.05, 0) is 13.1 Å². The Balaban J connectivity index is -0.000000372. The molecular weight excluding hydrogens is 397 g/mol. The number of hydrogen-bond acceptors (Lipinski definition) is 6. The molecule has 0 heterocycles. The Bertz CT molecular complexity index is 241. The van der Waals surface area contributed by atoms with Crippen LogP contribution in [-0.2, 0) is 32.7 Å². The van der Waals surface area contributed by atoms with E-state index in [0.29, 0.717) is 26.2 Å². The third-order valence-corrected chi connectivity index (χ3v) is 2.97. The summed E-state index contributed by atoms with van der Waals surface area (Å²) in [6.07, 6.45) is 0. The molecule has 0 unspecified atom stereocenters. The van der Waals surface area contributed by atoms with Crippen LogP contribution in [0.3, 0.4) is 0 Å². The van der Waals surface area contributed by atoms with Crippen molar-refractivity contribution in [3.05, 3.63) is 13.8 Å². The van der Waals surface area contributed by atoms with Gasteiger partial charge >= 0.3 is 0 Å². The Labute approximate surface area is 180 Å². The van der Waals surface area contributed by atoms with Crippen molar-refractivity contribution in [3.8, 4) is 0 Å². The molecule has 0 aromatic rings. The fourth-order valence-corrected chi connectivity index (χ4v) is 2.32. The van der Waals surface area contributed by atoms with Gasteiger partial charge in [0.15, 0.2) is 0 Å². The van der Waals surface area contributed by atoms with Crippen LogP contribution in [0.5, 0.6) is 0 Å². The average Bonchev–Trinajstić information content (AvgIpc) is 2.37. The van der Waals surface area contributed by atoms with Crippen LogP contribution in [0.15, 0.2) is 0 Å². The van der Waals surface area contributed by atoms with E-state index in [1.807, 2.05) is 37.5 Å². The third kappa shape index (κ3) is 24.9. The second kappa shape index (κ2) is 17.0. The molecule has 0 aliphatic carbocycles. The van der Waals surface area contributed by atoms with E-state index in [2.05, 4.69) is 13.8 Å². The zero-order chi connectivity index (χ0) is 19.2. The molecule has 7 heteroatoms. The largest absolute Gasteiger partial charge is 0.395 e. The molecule has 0 rings (SSSR count). The Morgan fingerprint density at radius 3 is 0.920 bits per heavy atom. The van der Waals surface area contributed by atoms with Crippen molar-refractivity contribution in [2.24, 2.45) is 10.8 Å². The molecule has 0 fully saturated rings. The Hall–Kier alpha value is 0.864. The van der Waals surface area contributed by atoms with E-state index < -0.39 is 0 Å². The zero-order valence-corrected chi connectivity index (χ0v) is 19.6. The fourth-order valence-electron chi connectivity index (χ4n) is 2.32. The minimum atomic E-state index is -0.0235. The van der Waals surface area contributed by atoms with E-state index in [4.69, 9.17) is 20.4 Å². The molecule has 6 nitrogen and oxygen atoms in total. The van der Waals surface area contributed by atoms with Crippen molar-refractivity contribution in [3.63, 3.8) is 0 Å². The number of hydrogen-bond donors (Lipinski definition) is 4. The molecule has 0 spiro atoms. The van der Waals surface area contributed by atoms with Crippen molar-refractivity contribution in [2.75, 3.05) is 65.7 Å². The van der Waals surface area contributed by atoms with Crippen LogP contribution in [0.1, 0.15) is 27.7 Å². The van der Waals surface area contributed by atoms with Crippen LogP contribution in [0, 0.1) is 24.7 Å². The van der Waals surface area contributed by atoms with Gasteiger partial charge in [-0.2, -0.15) is 10.8 Å². The Kier molecular flexibility index (Phi) is 20.8. The van der Waals surface area contributed by atoms with Gasteiger partial charge in [-0.25, -0.2) is 0 Å². The predicted octanol–water partition coefficient (Wildman–Crippen LogP) is 0.264. The zero-order valence-electron chi connectivity index (χ0n) is 16.7. The quantitative estimate of drug-likeness (QED) is 0.328. The molecule has 0 atom stereocenters. The van der Waals surface area contributed by atoms with Crippen LogP contribution >= 0.6 is 0 Å². The monoisotopic (exact) mass is 437 g/mol. The summed E-state index contributed by atoms with van der Waals surface area (Å²) in [7, 11) is 0. The molecule has 0 amide bonds.